The Bertz CT molecular complexity index is 652. The van der Waals surface area contributed by atoms with Crippen molar-refractivity contribution >= 4 is 16.9 Å². The van der Waals surface area contributed by atoms with Crippen LogP contribution < -0.4 is 0 Å². The fraction of sp³-hybridized carbons (Fsp3) is 0.286. The third-order valence-corrected chi connectivity index (χ3v) is 3.40. The maximum atomic E-state index is 13.9. The first-order valence-electron chi connectivity index (χ1n) is 6.00. The molecule has 0 atom stereocenters. The first-order chi connectivity index (χ1) is 8.65. The van der Waals surface area contributed by atoms with E-state index in [0.29, 0.717) is 5.39 Å². The van der Waals surface area contributed by atoms with Gasteiger partial charge in [-0.15, -0.1) is 0 Å². The van der Waals surface area contributed by atoms with Crippen molar-refractivity contribution in [3.05, 3.63) is 40.8 Å². The predicted octanol–water partition coefficient (Wildman–Crippen LogP) is 2.95. The number of aromatic nitrogens is 1. The molecule has 0 saturated heterocycles. The second kappa shape index (κ2) is 4.05. The second-order valence-corrected chi connectivity index (χ2v) is 4.64. The Morgan fingerprint density at radius 2 is 2.00 bits per heavy atom. The lowest BCUT2D eigenvalue weighted by Gasteiger charge is -2.15. The number of carbonyl (C=O) groups is 1. The summed E-state index contributed by atoms with van der Waals surface area (Å²) in [6, 6.07) is 4.40. The molecule has 1 heterocycles. The van der Waals surface area contributed by atoms with E-state index >= 15 is 0 Å². The summed E-state index contributed by atoms with van der Waals surface area (Å²) in [4.78, 5) is 15.2. The Kier molecular flexibility index (Phi) is 2.51. The average Bonchev–Trinajstić information content (AvgIpc) is 2.36. The highest BCUT2D eigenvalue weighted by Gasteiger charge is 2.15. The number of aromatic carboxylic acids is 1. The standard InChI is InChI=1S/C14H12FNO2/c15-11-7-10(14(17)18)6-9-5-8-3-1-2-4-12(8)16-13(9)11/h5-7H,1-4H2,(H,17,18). The van der Waals surface area contributed by atoms with Crippen LogP contribution in [0.3, 0.4) is 0 Å². The van der Waals surface area contributed by atoms with Crippen LogP contribution in [0.25, 0.3) is 10.9 Å². The molecular formula is C14H12FNO2. The van der Waals surface area contributed by atoms with Crippen molar-refractivity contribution in [1.82, 2.24) is 4.98 Å². The van der Waals surface area contributed by atoms with Gasteiger partial charge in [0.15, 0.2) is 0 Å². The topological polar surface area (TPSA) is 50.2 Å². The molecule has 0 amide bonds. The molecule has 2 aromatic rings. The van der Waals surface area contributed by atoms with Crippen LogP contribution in [0, 0.1) is 5.82 Å². The van der Waals surface area contributed by atoms with Crippen molar-refractivity contribution in [2.24, 2.45) is 0 Å². The van der Waals surface area contributed by atoms with Gasteiger partial charge in [0.2, 0.25) is 0 Å². The van der Waals surface area contributed by atoms with E-state index in [1.54, 1.807) is 0 Å². The second-order valence-electron chi connectivity index (χ2n) is 4.64. The van der Waals surface area contributed by atoms with Gasteiger partial charge in [0.25, 0.3) is 0 Å². The Morgan fingerprint density at radius 1 is 1.22 bits per heavy atom. The van der Waals surface area contributed by atoms with E-state index in [-0.39, 0.29) is 11.1 Å². The quantitative estimate of drug-likeness (QED) is 0.840. The number of aryl methyl sites for hydroxylation is 2. The Labute approximate surface area is 103 Å². The molecule has 1 aliphatic rings. The van der Waals surface area contributed by atoms with Gasteiger partial charge in [-0.1, -0.05) is 0 Å². The number of fused-ring (bicyclic) bond motifs is 2. The highest BCUT2D eigenvalue weighted by molar-refractivity contribution is 5.93. The van der Waals surface area contributed by atoms with Crippen molar-refractivity contribution in [3.63, 3.8) is 0 Å². The van der Waals surface area contributed by atoms with E-state index in [1.807, 2.05) is 6.07 Å². The molecule has 3 rings (SSSR count). The lowest BCUT2D eigenvalue weighted by Crippen LogP contribution is -2.06. The summed E-state index contributed by atoms with van der Waals surface area (Å²) in [7, 11) is 0. The number of pyridine rings is 1. The molecule has 0 bridgehead atoms. The third kappa shape index (κ3) is 1.74. The number of hydrogen-bond donors (Lipinski definition) is 1. The van der Waals surface area contributed by atoms with Gasteiger partial charge in [0.05, 0.1) is 5.56 Å². The van der Waals surface area contributed by atoms with Crippen LogP contribution in [0.5, 0.6) is 0 Å². The predicted molar refractivity (Wildman–Crippen MR) is 65.3 cm³/mol. The number of halogens is 1. The van der Waals surface area contributed by atoms with Crippen molar-refractivity contribution in [2.75, 3.05) is 0 Å². The number of benzene rings is 1. The lowest BCUT2D eigenvalue weighted by atomic mass is 9.94. The normalized spacial score (nSPS) is 14.5. The van der Waals surface area contributed by atoms with Gasteiger partial charge in [0, 0.05) is 11.1 Å². The first kappa shape index (κ1) is 11.1. The van der Waals surface area contributed by atoms with E-state index in [9.17, 15) is 9.18 Å². The average molecular weight is 245 g/mol. The number of hydrogen-bond acceptors (Lipinski definition) is 2. The van der Waals surface area contributed by atoms with E-state index < -0.39 is 11.8 Å². The summed E-state index contributed by atoms with van der Waals surface area (Å²) in [6.07, 6.45) is 4.02. The maximum absolute atomic E-state index is 13.9. The summed E-state index contributed by atoms with van der Waals surface area (Å²) in [5, 5.41) is 9.50. The van der Waals surface area contributed by atoms with E-state index in [4.69, 9.17) is 5.11 Å². The van der Waals surface area contributed by atoms with Gasteiger partial charge in [-0.05, 0) is 49.4 Å². The van der Waals surface area contributed by atoms with Crippen LogP contribution in [0.4, 0.5) is 4.39 Å². The van der Waals surface area contributed by atoms with Crippen LogP contribution in [-0.4, -0.2) is 16.1 Å². The van der Waals surface area contributed by atoms with E-state index in [2.05, 4.69) is 4.98 Å². The minimum Gasteiger partial charge on any atom is -0.478 e. The molecule has 18 heavy (non-hydrogen) atoms. The molecule has 0 spiro atoms. The van der Waals surface area contributed by atoms with Crippen LogP contribution in [-0.2, 0) is 12.8 Å². The SMILES string of the molecule is O=C(O)c1cc(F)c2nc3c(cc2c1)CCCC3. The van der Waals surface area contributed by atoms with Crippen molar-refractivity contribution in [1.29, 1.82) is 0 Å². The Balaban J connectivity index is 2.27. The number of nitrogens with zero attached hydrogens (tertiary/aromatic N) is 1. The zero-order chi connectivity index (χ0) is 12.7. The molecule has 92 valence electrons. The zero-order valence-corrected chi connectivity index (χ0v) is 9.74. The molecule has 1 aromatic heterocycles. The smallest absolute Gasteiger partial charge is 0.335 e. The van der Waals surface area contributed by atoms with Crippen molar-refractivity contribution in [2.45, 2.75) is 25.7 Å². The molecule has 3 nitrogen and oxygen atoms in total. The summed E-state index contributed by atoms with van der Waals surface area (Å²) in [5.41, 5.74) is 2.32. The molecule has 0 aliphatic heterocycles. The molecule has 0 fully saturated rings. The van der Waals surface area contributed by atoms with Crippen LogP contribution in [0.15, 0.2) is 18.2 Å². The maximum Gasteiger partial charge on any atom is 0.335 e. The largest absolute Gasteiger partial charge is 0.478 e. The van der Waals surface area contributed by atoms with Crippen LogP contribution >= 0.6 is 0 Å². The molecule has 1 aromatic carbocycles. The summed E-state index contributed by atoms with van der Waals surface area (Å²) in [6.45, 7) is 0. The van der Waals surface area contributed by atoms with Gasteiger partial charge in [-0.3, -0.25) is 0 Å². The summed E-state index contributed by atoms with van der Waals surface area (Å²) >= 11 is 0. The number of rotatable bonds is 1. The minimum atomic E-state index is -1.12. The minimum absolute atomic E-state index is 0.0300. The molecule has 1 N–H and O–H groups in total. The number of carboxylic acid groups (broad SMARTS) is 1. The highest BCUT2D eigenvalue weighted by atomic mass is 19.1. The van der Waals surface area contributed by atoms with Gasteiger partial charge in [0.1, 0.15) is 11.3 Å². The molecule has 1 aliphatic carbocycles. The number of carboxylic acids is 1. The van der Waals surface area contributed by atoms with Gasteiger partial charge in [-0.2, -0.15) is 0 Å². The lowest BCUT2D eigenvalue weighted by molar-refractivity contribution is 0.0696. The van der Waals surface area contributed by atoms with Crippen molar-refractivity contribution < 1.29 is 14.3 Å². The summed E-state index contributed by atoms with van der Waals surface area (Å²) < 4.78 is 13.9. The molecular weight excluding hydrogens is 233 g/mol. The fourth-order valence-corrected chi connectivity index (χ4v) is 2.49. The highest BCUT2D eigenvalue weighted by Crippen LogP contribution is 2.26. The Hall–Kier alpha value is -1.97. The van der Waals surface area contributed by atoms with E-state index in [0.717, 1.165) is 43.0 Å². The first-order valence-corrected chi connectivity index (χ1v) is 6.00. The van der Waals surface area contributed by atoms with Crippen LogP contribution in [0.2, 0.25) is 0 Å². The third-order valence-electron chi connectivity index (χ3n) is 3.40. The van der Waals surface area contributed by atoms with Crippen LogP contribution in [0.1, 0.15) is 34.5 Å². The molecule has 0 radical (unpaired) electrons. The van der Waals surface area contributed by atoms with Gasteiger partial charge in [-0.25, -0.2) is 14.2 Å². The molecule has 0 unspecified atom stereocenters. The monoisotopic (exact) mass is 245 g/mol. The molecule has 0 saturated carbocycles. The summed E-state index contributed by atoms with van der Waals surface area (Å²) in [5.74, 6) is -1.67. The molecule has 4 heteroatoms. The fourth-order valence-electron chi connectivity index (χ4n) is 2.49. The Morgan fingerprint density at radius 3 is 2.78 bits per heavy atom. The van der Waals surface area contributed by atoms with Crippen molar-refractivity contribution in [3.8, 4) is 0 Å². The zero-order valence-electron chi connectivity index (χ0n) is 9.74. The van der Waals surface area contributed by atoms with E-state index in [1.165, 1.54) is 6.07 Å². The van der Waals surface area contributed by atoms with Gasteiger partial charge < -0.3 is 5.11 Å². The van der Waals surface area contributed by atoms with Gasteiger partial charge >= 0.3 is 5.97 Å².